The number of ether oxygens (including phenoxy) is 1. The average Bonchev–Trinajstić information content (AvgIpc) is 2.29. The van der Waals surface area contributed by atoms with Crippen LogP contribution >= 0.6 is 0 Å². The van der Waals surface area contributed by atoms with Gasteiger partial charge in [0, 0.05) is 5.41 Å². The van der Waals surface area contributed by atoms with Crippen molar-refractivity contribution in [2.24, 2.45) is 10.6 Å². The highest BCUT2D eigenvalue weighted by molar-refractivity contribution is 6.01. The van der Waals surface area contributed by atoms with Gasteiger partial charge in [-0.05, 0) is 23.8 Å². The molecule has 0 spiro atoms. The molecule has 0 heterocycles. The topological polar surface area (TPSA) is 41.8 Å². The summed E-state index contributed by atoms with van der Waals surface area (Å²) in [6, 6.07) is 7.69. The molecule has 0 unspecified atom stereocenters. The van der Waals surface area contributed by atoms with Crippen molar-refractivity contribution >= 4 is 11.8 Å². The Balaban J connectivity index is 2.83. The molecule has 0 bridgehead atoms. The van der Waals surface area contributed by atoms with E-state index in [4.69, 9.17) is 9.94 Å². The van der Waals surface area contributed by atoms with E-state index in [1.165, 1.54) is 0 Å². The van der Waals surface area contributed by atoms with E-state index in [9.17, 15) is 0 Å². The molecule has 0 saturated heterocycles. The van der Waals surface area contributed by atoms with E-state index in [1.54, 1.807) is 7.11 Å². The third-order valence-electron chi connectivity index (χ3n) is 2.43. The Hall–Kier alpha value is -1.77. The Bertz CT molecular complexity index is 411. The Labute approximate surface area is 102 Å². The van der Waals surface area contributed by atoms with E-state index in [0.29, 0.717) is 5.71 Å². The van der Waals surface area contributed by atoms with Gasteiger partial charge in [0.1, 0.15) is 5.75 Å². The molecule has 0 atom stereocenters. The maximum Gasteiger partial charge on any atom is 0.118 e. The second-order valence-electron chi connectivity index (χ2n) is 4.84. The summed E-state index contributed by atoms with van der Waals surface area (Å²) in [6.45, 7) is 6.00. The number of oxime groups is 1. The largest absolute Gasteiger partial charge is 0.497 e. The molecular formula is C14H19NO2. The zero-order valence-electron chi connectivity index (χ0n) is 10.8. The van der Waals surface area contributed by atoms with Gasteiger partial charge in [-0.1, -0.05) is 44.1 Å². The number of nitrogens with zero attached hydrogens (tertiary/aromatic N) is 1. The van der Waals surface area contributed by atoms with Crippen LogP contribution in [0.25, 0.3) is 6.08 Å². The SMILES string of the molecule is COc1ccc(/C=C/C(=N\O)C(C)(C)C)cc1. The quantitative estimate of drug-likeness (QED) is 0.492. The van der Waals surface area contributed by atoms with Gasteiger partial charge in [0.15, 0.2) is 0 Å². The molecule has 1 aromatic rings. The van der Waals surface area contributed by atoms with Crippen LogP contribution in [0.1, 0.15) is 26.3 Å². The van der Waals surface area contributed by atoms with Crippen molar-refractivity contribution in [3.05, 3.63) is 35.9 Å². The standard InChI is InChI=1S/C14H19NO2/c1-14(2,3)13(15-16)10-7-11-5-8-12(17-4)9-6-11/h5-10,16H,1-4H3/b10-7+,15-13+. The zero-order chi connectivity index (χ0) is 12.9. The Morgan fingerprint density at radius 1 is 1.24 bits per heavy atom. The predicted molar refractivity (Wildman–Crippen MR) is 70.7 cm³/mol. The first kappa shape index (κ1) is 13.3. The summed E-state index contributed by atoms with van der Waals surface area (Å²) in [5.41, 5.74) is 1.52. The molecule has 0 aliphatic carbocycles. The van der Waals surface area contributed by atoms with Crippen LogP contribution in [0, 0.1) is 5.41 Å². The van der Waals surface area contributed by atoms with Gasteiger partial charge in [0.25, 0.3) is 0 Å². The maximum absolute atomic E-state index is 8.94. The summed E-state index contributed by atoms with van der Waals surface area (Å²) in [7, 11) is 1.64. The lowest BCUT2D eigenvalue weighted by Crippen LogP contribution is -2.17. The van der Waals surface area contributed by atoms with Gasteiger partial charge in [0.2, 0.25) is 0 Å². The minimum absolute atomic E-state index is 0.169. The number of benzene rings is 1. The van der Waals surface area contributed by atoms with Crippen LogP contribution in [0.2, 0.25) is 0 Å². The number of allylic oxidation sites excluding steroid dienone is 1. The fourth-order valence-corrected chi connectivity index (χ4v) is 1.32. The maximum atomic E-state index is 8.94. The Kier molecular flexibility index (Phi) is 4.32. The molecule has 1 rings (SSSR count). The fourth-order valence-electron chi connectivity index (χ4n) is 1.32. The third kappa shape index (κ3) is 3.94. The van der Waals surface area contributed by atoms with E-state index in [-0.39, 0.29) is 5.41 Å². The van der Waals surface area contributed by atoms with E-state index < -0.39 is 0 Å². The molecule has 1 aromatic carbocycles. The van der Waals surface area contributed by atoms with Gasteiger partial charge in [-0.15, -0.1) is 0 Å². The molecule has 0 fully saturated rings. The first-order valence-electron chi connectivity index (χ1n) is 5.52. The van der Waals surface area contributed by atoms with Crippen molar-refractivity contribution in [3.63, 3.8) is 0 Å². The van der Waals surface area contributed by atoms with Gasteiger partial charge in [-0.3, -0.25) is 0 Å². The fraction of sp³-hybridized carbons (Fsp3) is 0.357. The van der Waals surface area contributed by atoms with Gasteiger partial charge >= 0.3 is 0 Å². The highest BCUT2D eigenvalue weighted by Crippen LogP contribution is 2.18. The molecule has 1 N–H and O–H groups in total. The molecule has 0 saturated carbocycles. The minimum Gasteiger partial charge on any atom is -0.497 e. The molecule has 0 aliphatic rings. The molecule has 3 nitrogen and oxygen atoms in total. The first-order chi connectivity index (χ1) is 7.97. The van der Waals surface area contributed by atoms with Crippen molar-refractivity contribution in [2.75, 3.05) is 7.11 Å². The zero-order valence-corrected chi connectivity index (χ0v) is 10.8. The number of hydrogen-bond acceptors (Lipinski definition) is 3. The first-order valence-corrected chi connectivity index (χ1v) is 5.52. The molecule has 3 heteroatoms. The second-order valence-corrected chi connectivity index (χ2v) is 4.84. The molecule has 0 radical (unpaired) electrons. The Morgan fingerprint density at radius 3 is 2.24 bits per heavy atom. The second kappa shape index (κ2) is 5.53. The van der Waals surface area contributed by atoms with Crippen LogP contribution in [-0.4, -0.2) is 18.0 Å². The summed E-state index contributed by atoms with van der Waals surface area (Å²) in [4.78, 5) is 0. The summed E-state index contributed by atoms with van der Waals surface area (Å²) < 4.78 is 5.08. The van der Waals surface area contributed by atoms with Gasteiger partial charge in [-0.25, -0.2) is 0 Å². The molecule has 17 heavy (non-hydrogen) atoms. The van der Waals surface area contributed by atoms with Crippen LogP contribution in [0.15, 0.2) is 35.5 Å². The summed E-state index contributed by atoms with van der Waals surface area (Å²) >= 11 is 0. The predicted octanol–water partition coefficient (Wildman–Crippen LogP) is 3.58. The summed E-state index contributed by atoms with van der Waals surface area (Å²) in [5.74, 6) is 0.828. The monoisotopic (exact) mass is 233 g/mol. The minimum atomic E-state index is -0.169. The van der Waals surface area contributed by atoms with Crippen molar-refractivity contribution in [1.29, 1.82) is 0 Å². The lowest BCUT2D eigenvalue weighted by Gasteiger charge is -2.16. The highest BCUT2D eigenvalue weighted by Gasteiger charge is 2.16. The van der Waals surface area contributed by atoms with Crippen molar-refractivity contribution < 1.29 is 9.94 Å². The number of hydrogen-bond donors (Lipinski definition) is 1. The molecule has 0 amide bonds. The normalized spacial score (nSPS) is 13.1. The van der Waals surface area contributed by atoms with E-state index in [0.717, 1.165) is 11.3 Å². The van der Waals surface area contributed by atoms with Crippen molar-refractivity contribution in [1.82, 2.24) is 0 Å². The van der Waals surface area contributed by atoms with Crippen LogP contribution in [-0.2, 0) is 0 Å². The van der Waals surface area contributed by atoms with E-state index in [1.807, 2.05) is 57.2 Å². The molecule has 0 aromatic heterocycles. The van der Waals surface area contributed by atoms with Gasteiger partial charge in [0.05, 0.1) is 12.8 Å². The Morgan fingerprint density at radius 2 is 1.82 bits per heavy atom. The summed E-state index contributed by atoms with van der Waals surface area (Å²) in [6.07, 6.45) is 3.74. The van der Waals surface area contributed by atoms with Crippen LogP contribution < -0.4 is 4.74 Å². The lowest BCUT2D eigenvalue weighted by molar-refractivity contribution is 0.312. The van der Waals surface area contributed by atoms with Crippen LogP contribution in [0.5, 0.6) is 5.75 Å². The third-order valence-corrected chi connectivity index (χ3v) is 2.43. The number of rotatable bonds is 3. The van der Waals surface area contributed by atoms with E-state index in [2.05, 4.69) is 5.16 Å². The van der Waals surface area contributed by atoms with E-state index >= 15 is 0 Å². The van der Waals surface area contributed by atoms with Crippen LogP contribution in [0.3, 0.4) is 0 Å². The molecule has 0 aliphatic heterocycles. The summed E-state index contributed by atoms with van der Waals surface area (Å²) in [5, 5.41) is 12.3. The number of methoxy groups -OCH3 is 1. The van der Waals surface area contributed by atoms with Crippen molar-refractivity contribution in [2.45, 2.75) is 20.8 Å². The average molecular weight is 233 g/mol. The van der Waals surface area contributed by atoms with Gasteiger partial charge < -0.3 is 9.94 Å². The molecular weight excluding hydrogens is 214 g/mol. The van der Waals surface area contributed by atoms with Crippen LogP contribution in [0.4, 0.5) is 0 Å². The highest BCUT2D eigenvalue weighted by atomic mass is 16.5. The van der Waals surface area contributed by atoms with Gasteiger partial charge in [-0.2, -0.15) is 0 Å². The smallest absolute Gasteiger partial charge is 0.118 e. The lowest BCUT2D eigenvalue weighted by atomic mass is 9.89. The molecule has 92 valence electrons. The van der Waals surface area contributed by atoms with Crippen molar-refractivity contribution in [3.8, 4) is 5.75 Å².